The zero-order valence-corrected chi connectivity index (χ0v) is 9.68. The Labute approximate surface area is 96.2 Å². The smallest absolute Gasteiger partial charge is 0.224 e. The van der Waals surface area contributed by atoms with Gasteiger partial charge in [0.25, 0.3) is 0 Å². The third-order valence-electron chi connectivity index (χ3n) is 2.96. The molecule has 2 rings (SSSR count). The van der Waals surface area contributed by atoms with E-state index in [1.807, 2.05) is 13.1 Å². The summed E-state index contributed by atoms with van der Waals surface area (Å²) in [7, 11) is 1.97. The highest BCUT2D eigenvalue weighted by molar-refractivity contribution is 5.93. The molecule has 86 valence electrons. The third kappa shape index (κ3) is 2.61. The second-order valence-corrected chi connectivity index (χ2v) is 4.25. The van der Waals surface area contributed by atoms with E-state index in [2.05, 4.69) is 22.8 Å². The molecule has 0 aromatic heterocycles. The first-order valence-electron chi connectivity index (χ1n) is 5.86. The fraction of sp³-hybridized carbons (Fsp3) is 0.462. The molecule has 16 heavy (non-hydrogen) atoms. The maximum absolute atomic E-state index is 11.2. The molecule has 1 amide bonds. The Balaban J connectivity index is 2.04. The van der Waals surface area contributed by atoms with Crippen LogP contribution in [-0.2, 0) is 17.6 Å². The van der Waals surface area contributed by atoms with Crippen molar-refractivity contribution in [1.29, 1.82) is 0 Å². The molecule has 1 heterocycles. The molecule has 1 aromatic rings. The van der Waals surface area contributed by atoms with Gasteiger partial charge in [-0.2, -0.15) is 0 Å². The molecule has 0 saturated carbocycles. The lowest BCUT2D eigenvalue weighted by molar-refractivity contribution is -0.116. The van der Waals surface area contributed by atoms with Gasteiger partial charge in [0.2, 0.25) is 5.91 Å². The number of aryl methyl sites for hydroxylation is 2. The summed E-state index contributed by atoms with van der Waals surface area (Å²) < 4.78 is 0. The normalized spacial score (nSPS) is 14.4. The second-order valence-electron chi connectivity index (χ2n) is 4.25. The second kappa shape index (κ2) is 5.12. The summed E-state index contributed by atoms with van der Waals surface area (Å²) in [6.07, 6.45) is 3.75. The van der Waals surface area contributed by atoms with Crippen LogP contribution in [0.4, 0.5) is 5.69 Å². The zero-order chi connectivity index (χ0) is 11.4. The van der Waals surface area contributed by atoms with Crippen molar-refractivity contribution in [3.8, 4) is 0 Å². The van der Waals surface area contributed by atoms with Crippen LogP contribution in [0.3, 0.4) is 0 Å². The lowest BCUT2D eigenvalue weighted by atomic mass is 9.98. The summed E-state index contributed by atoms with van der Waals surface area (Å²) in [5.74, 6) is 0.135. The number of anilines is 1. The van der Waals surface area contributed by atoms with Crippen LogP contribution in [0, 0.1) is 0 Å². The van der Waals surface area contributed by atoms with E-state index < -0.39 is 0 Å². The first-order chi connectivity index (χ1) is 7.79. The molecule has 0 aliphatic carbocycles. The standard InChI is InChI=1S/C13H18N2O/c1-14-8-2-3-10-4-6-12-11(9-10)5-7-13(16)15-12/h4,6,9,14H,2-3,5,7-8H2,1H3,(H,15,16). The molecule has 1 aromatic carbocycles. The summed E-state index contributed by atoms with van der Waals surface area (Å²) in [4.78, 5) is 11.2. The molecular formula is C13H18N2O. The van der Waals surface area contributed by atoms with Gasteiger partial charge >= 0.3 is 0 Å². The maximum atomic E-state index is 11.2. The Morgan fingerprint density at radius 2 is 2.25 bits per heavy atom. The van der Waals surface area contributed by atoms with Crippen molar-refractivity contribution in [1.82, 2.24) is 5.32 Å². The van der Waals surface area contributed by atoms with E-state index in [1.165, 1.54) is 11.1 Å². The van der Waals surface area contributed by atoms with Crippen molar-refractivity contribution in [3.05, 3.63) is 29.3 Å². The quantitative estimate of drug-likeness (QED) is 0.756. The molecule has 0 radical (unpaired) electrons. The summed E-state index contributed by atoms with van der Waals surface area (Å²) in [6, 6.07) is 6.37. The van der Waals surface area contributed by atoms with Crippen LogP contribution in [0.25, 0.3) is 0 Å². The van der Waals surface area contributed by atoms with Crippen LogP contribution in [0.2, 0.25) is 0 Å². The minimum Gasteiger partial charge on any atom is -0.326 e. The molecule has 3 heteroatoms. The molecule has 1 aliphatic rings. The first kappa shape index (κ1) is 11.1. The lowest BCUT2D eigenvalue weighted by Gasteiger charge is -2.17. The van der Waals surface area contributed by atoms with Crippen LogP contribution in [0.5, 0.6) is 0 Å². The number of rotatable bonds is 4. The van der Waals surface area contributed by atoms with E-state index in [4.69, 9.17) is 0 Å². The summed E-state index contributed by atoms with van der Waals surface area (Å²) >= 11 is 0. The summed E-state index contributed by atoms with van der Waals surface area (Å²) in [5.41, 5.74) is 3.64. The number of carbonyl (C=O) groups excluding carboxylic acids is 1. The molecule has 3 nitrogen and oxygen atoms in total. The average Bonchev–Trinajstić information content (AvgIpc) is 2.29. The minimum absolute atomic E-state index is 0.135. The number of fused-ring (bicyclic) bond motifs is 1. The summed E-state index contributed by atoms with van der Waals surface area (Å²) in [6.45, 7) is 1.05. The van der Waals surface area contributed by atoms with Gasteiger partial charge in [0.15, 0.2) is 0 Å². The predicted molar refractivity (Wildman–Crippen MR) is 65.6 cm³/mol. The molecule has 0 saturated heterocycles. The molecule has 0 bridgehead atoms. The molecule has 0 spiro atoms. The number of nitrogens with one attached hydrogen (secondary N) is 2. The number of hydrogen-bond acceptors (Lipinski definition) is 2. The SMILES string of the molecule is CNCCCc1ccc2c(c1)CCC(=O)N2. The fourth-order valence-electron chi connectivity index (χ4n) is 2.06. The highest BCUT2D eigenvalue weighted by Gasteiger charge is 2.14. The Kier molecular flexibility index (Phi) is 3.57. The van der Waals surface area contributed by atoms with Crippen LogP contribution in [0.1, 0.15) is 24.0 Å². The lowest BCUT2D eigenvalue weighted by Crippen LogP contribution is -2.19. The zero-order valence-electron chi connectivity index (χ0n) is 9.68. The van der Waals surface area contributed by atoms with Gasteiger partial charge < -0.3 is 10.6 Å². The van der Waals surface area contributed by atoms with Gasteiger partial charge in [-0.25, -0.2) is 0 Å². The van der Waals surface area contributed by atoms with Crippen molar-refractivity contribution < 1.29 is 4.79 Å². The number of benzene rings is 1. The van der Waals surface area contributed by atoms with Gasteiger partial charge in [0, 0.05) is 12.1 Å². The third-order valence-corrected chi connectivity index (χ3v) is 2.96. The van der Waals surface area contributed by atoms with E-state index in [-0.39, 0.29) is 5.91 Å². The van der Waals surface area contributed by atoms with Crippen LogP contribution >= 0.6 is 0 Å². The monoisotopic (exact) mass is 218 g/mol. The van der Waals surface area contributed by atoms with E-state index in [0.29, 0.717) is 6.42 Å². The highest BCUT2D eigenvalue weighted by Crippen LogP contribution is 2.23. The largest absolute Gasteiger partial charge is 0.326 e. The topological polar surface area (TPSA) is 41.1 Å². The Bertz CT molecular complexity index is 388. The van der Waals surface area contributed by atoms with Gasteiger partial charge in [-0.3, -0.25) is 4.79 Å². The van der Waals surface area contributed by atoms with Crippen molar-refractivity contribution in [3.63, 3.8) is 0 Å². The van der Waals surface area contributed by atoms with Gasteiger partial charge in [-0.05, 0) is 50.0 Å². The average molecular weight is 218 g/mol. The number of carbonyl (C=O) groups is 1. The number of hydrogen-bond donors (Lipinski definition) is 2. The number of amides is 1. The molecule has 1 aliphatic heterocycles. The molecule has 0 atom stereocenters. The molecule has 0 fully saturated rings. The Morgan fingerprint density at radius 1 is 1.38 bits per heavy atom. The fourth-order valence-corrected chi connectivity index (χ4v) is 2.06. The van der Waals surface area contributed by atoms with Gasteiger partial charge in [0.1, 0.15) is 0 Å². The van der Waals surface area contributed by atoms with E-state index in [1.54, 1.807) is 0 Å². The van der Waals surface area contributed by atoms with Crippen LogP contribution < -0.4 is 10.6 Å². The Morgan fingerprint density at radius 3 is 3.06 bits per heavy atom. The van der Waals surface area contributed by atoms with Crippen molar-refractivity contribution in [2.45, 2.75) is 25.7 Å². The van der Waals surface area contributed by atoms with E-state index >= 15 is 0 Å². The first-order valence-corrected chi connectivity index (χ1v) is 5.86. The van der Waals surface area contributed by atoms with Crippen LogP contribution in [0.15, 0.2) is 18.2 Å². The maximum Gasteiger partial charge on any atom is 0.224 e. The minimum atomic E-state index is 0.135. The van der Waals surface area contributed by atoms with Crippen molar-refractivity contribution in [2.75, 3.05) is 18.9 Å². The highest BCUT2D eigenvalue weighted by atomic mass is 16.1. The summed E-state index contributed by atoms with van der Waals surface area (Å²) in [5, 5.41) is 6.05. The molecule has 2 N–H and O–H groups in total. The molecule has 0 unspecified atom stereocenters. The predicted octanol–water partition coefficient (Wildman–Crippen LogP) is 1.72. The van der Waals surface area contributed by atoms with Crippen molar-refractivity contribution >= 4 is 11.6 Å². The Hall–Kier alpha value is -1.35. The molecular weight excluding hydrogens is 200 g/mol. The van der Waals surface area contributed by atoms with Crippen molar-refractivity contribution in [2.24, 2.45) is 0 Å². The van der Waals surface area contributed by atoms with Crippen LogP contribution in [-0.4, -0.2) is 19.5 Å². The van der Waals surface area contributed by atoms with E-state index in [0.717, 1.165) is 31.5 Å². The van der Waals surface area contributed by atoms with Gasteiger partial charge in [-0.15, -0.1) is 0 Å². The van der Waals surface area contributed by atoms with E-state index in [9.17, 15) is 4.79 Å². The van der Waals surface area contributed by atoms with Gasteiger partial charge in [-0.1, -0.05) is 12.1 Å². The van der Waals surface area contributed by atoms with Gasteiger partial charge in [0.05, 0.1) is 0 Å².